The van der Waals surface area contributed by atoms with Crippen LogP contribution in [0.1, 0.15) is 5.69 Å². The molecule has 1 saturated heterocycles. The second-order valence-electron chi connectivity index (χ2n) is 7.08. The molecule has 0 saturated carbocycles. The second kappa shape index (κ2) is 6.71. The number of imidazole rings is 2. The summed E-state index contributed by atoms with van der Waals surface area (Å²) in [4.78, 5) is 21.5. The van der Waals surface area contributed by atoms with Crippen LogP contribution in [0.2, 0.25) is 0 Å². The van der Waals surface area contributed by atoms with Gasteiger partial charge in [-0.2, -0.15) is 0 Å². The molecule has 9 nitrogen and oxygen atoms in total. The summed E-state index contributed by atoms with van der Waals surface area (Å²) < 4.78 is 41.0. The predicted molar refractivity (Wildman–Crippen MR) is 103 cm³/mol. The van der Waals surface area contributed by atoms with Crippen LogP contribution in [0.3, 0.4) is 0 Å². The summed E-state index contributed by atoms with van der Waals surface area (Å²) in [5.74, 6) is 1.69. The van der Waals surface area contributed by atoms with Gasteiger partial charge in [0.15, 0.2) is 5.82 Å². The molecule has 1 aromatic carbocycles. The van der Waals surface area contributed by atoms with E-state index in [4.69, 9.17) is 15.2 Å². The van der Waals surface area contributed by atoms with Gasteiger partial charge >= 0.3 is 6.09 Å². The molecule has 2 aliphatic heterocycles. The van der Waals surface area contributed by atoms with Gasteiger partial charge in [-0.15, -0.1) is 0 Å². The standard InChI is InChI=1S/C19H18F2N6O3/c1-10-17(22)23-9-26(10)11-2-3-12-14(6-11)29-5-4-25-7-15(24-18(12)25)27-13(16(20)21)8-30-19(27)28/h2-3,6-7,9,13,16H,4-5,8,22H2,1H3. The highest BCUT2D eigenvalue weighted by molar-refractivity contribution is 5.89. The van der Waals surface area contributed by atoms with E-state index in [0.717, 1.165) is 16.3 Å². The van der Waals surface area contributed by atoms with Gasteiger partial charge in [-0.1, -0.05) is 0 Å². The number of carbonyl (C=O) groups excluding carboxylic acids is 1. The highest BCUT2D eigenvalue weighted by atomic mass is 19.3. The van der Waals surface area contributed by atoms with Crippen molar-refractivity contribution in [3.05, 3.63) is 36.4 Å². The van der Waals surface area contributed by atoms with Gasteiger partial charge < -0.3 is 24.3 Å². The molecule has 5 rings (SSSR count). The van der Waals surface area contributed by atoms with E-state index in [1.807, 2.05) is 29.7 Å². The number of alkyl halides is 2. The normalized spacial score (nSPS) is 18.1. The van der Waals surface area contributed by atoms with Crippen molar-refractivity contribution in [2.45, 2.75) is 25.9 Å². The SMILES string of the molecule is Cc1c(N)ncn1-c1ccc2c(c1)OCCn1cc(N3C(=O)OCC3C(F)F)nc1-2. The summed E-state index contributed by atoms with van der Waals surface area (Å²) in [5.41, 5.74) is 8.15. The highest BCUT2D eigenvalue weighted by Crippen LogP contribution is 2.36. The Labute approximate surface area is 169 Å². The van der Waals surface area contributed by atoms with E-state index in [9.17, 15) is 13.6 Å². The number of nitrogens with two attached hydrogens (primary N) is 1. The van der Waals surface area contributed by atoms with Gasteiger partial charge in [0.05, 0.1) is 23.5 Å². The molecule has 2 N–H and O–H groups in total. The van der Waals surface area contributed by atoms with Crippen LogP contribution in [-0.2, 0) is 11.3 Å². The van der Waals surface area contributed by atoms with E-state index in [0.29, 0.717) is 36.1 Å². The maximum absolute atomic E-state index is 13.3. The number of ether oxygens (including phenoxy) is 2. The monoisotopic (exact) mass is 416 g/mol. The lowest BCUT2D eigenvalue weighted by Gasteiger charge is -2.17. The molecular weight excluding hydrogens is 398 g/mol. The summed E-state index contributed by atoms with van der Waals surface area (Å²) >= 11 is 0. The first-order valence-electron chi connectivity index (χ1n) is 9.32. The summed E-state index contributed by atoms with van der Waals surface area (Å²) in [7, 11) is 0. The third-order valence-electron chi connectivity index (χ3n) is 5.33. The zero-order valence-corrected chi connectivity index (χ0v) is 16.0. The lowest BCUT2D eigenvalue weighted by Crippen LogP contribution is -2.38. The van der Waals surface area contributed by atoms with Crippen LogP contribution in [0.25, 0.3) is 17.1 Å². The average molecular weight is 416 g/mol. The van der Waals surface area contributed by atoms with E-state index < -0.39 is 18.6 Å². The number of carbonyl (C=O) groups is 1. The van der Waals surface area contributed by atoms with E-state index in [1.165, 1.54) is 0 Å². The Bertz CT molecular complexity index is 1140. The van der Waals surface area contributed by atoms with Gasteiger partial charge in [-0.25, -0.2) is 28.4 Å². The van der Waals surface area contributed by atoms with Gasteiger partial charge in [0.2, 0.25) is 0 Å². The number of cyclic esters (lactones) is 1. The average Bonchev–Trinajstić information content (AvgIpc) is 3.37. The summed E-state index contributed by atoms with van der Waals surface area (Å²) in [5, 5.41) is 0. The van der Waals surface area contributed by atoms with Crippen molar-refractivity contribution in [3.63, 3.8) is 0 Å². The largest absolute Gasteiger partial charge is 0.491 e. The van der Waals surface area contributed by atoms with Crippen LogP contribution >= 0.6 is 0 Å². The molecule has 156 valence electrons. The van der Waals surface area contributed by atoms with Crippen LogP contribution < -0.4 is 15.4 Å². The van der Waals surface area contributed by atoms with Crippen molar-refractivity contribution in [1.29, 1.82) is 0 Å². The number of hydrogen-bond donors (Lipinski definition) is 1. The third kappa shape index (κ3) is 2.77. The van der Waals surface area contributed by atoms with E-state index in [-0.39, 0.29) is 12.4 Å². The Balaban J connectivity index is 1.56. The molecule has 11 heteroatoms. The van der Waals surface area contributed by atoms with E-state index in [1.54, 1.807) is 17.1 Å². The molecule has 0 bridgehead atoms. The van der Waals surface area contributed by atoms with Gasteiger partial charge in [-0.3, -0.25) is 0 Å². The highest BCUT2D eigenvalue weighted by Gasteiger charge is 2.42. The number of benzene rings is 1. The smallest absolute Gasteiger partial charge is 0.416 e. The molecule has 1 amide bonds. The summed E-state index contributed by atoms with van der Waals surface area (Å²) in [6.07, 6.45) is -0.355. The number of hydrogen-bond acceptors (Lipinski definition) is 6. The lowest BCUT2D eigenvalue weighted by molar-refractivity contribution is 0.104. The van der Waals surface area contributed by atoms with Crippen LogP contribution in [0.4, 0.5) is 25.2 Å². The Morgan fingerprint density at radius 2 is 2.13 bits per heavy atom. The van der Waals surface area contributed by atoms with Crippen LogP contribution in [-0.4, -0.2) is 50.9 Å². The number of anilines is 2. The van der Waals surface area contributed by atoms with Crippen molar-refractivity contribution in [1.82, 2.24) is 19.1 Å². The fraction of sp³-hybridized carbons (Fsp3) is 0.316. The molecule has 2 aromatic heterocycles. The number of rotatable bonds is 3. The zero-order chi connectivity index (χ0) is 21.0. The molecule has 1 fully saturated rings. The minimum atomic E-state index is -2.73. The van der Waals surface area contributed by atoms with Crippen molar-refractivity contribution in [2.24, 2.45) is 0 Å². The Morgan fingerprint density at radius 3 is 2.87 bits per heavy atom. The van der Waals surface area contributed by atoms with Gasteiger partial charge in [0.25, 0.3) is 6.43 Å². The summed E-state index contributed by atoms with van der Waals surface area (Å²) in [6.45, 7) is 2.30. The van der Waals surface area contributed by atoms with Crippen LogP contribution in [0.5, 0.6) is 5.75 Å². The summed E-state index contributed by atoms with van der Waals surface area (Å²) in [6, 6.07) is 4.19. The Kier molecular flexibility index (Phi) is 4.12. The van der Waals surface area contributed by atoms with Gasteiger partial charge in [0.1, 0.15) is 43.0 Å². The molecule has 4 heterocycles. The minimum absolute atomic E-state index is 0.132. The van der Waals surface area contributed by atoms with Crippen LogP contribution in [0, 0.1) is 6.92 Å². The lowest BCUT2D eigenvalue weighted by atomic mass is 10.1. The molecular formula is C19H18F2N6O3. The molecule has 0 radical (unpaired) electrons. The maximum atomic E-state index is 13.3. The van der Waals surface area contributed by atoms with Crippen LogP contribution in [0.15, 0.2) is 30.7 Å². The quantitative estimate of drug-likeness (QED) is 0.705. The van der Waals surface area contributed by atoms with Crippen molar-refractivity contribution >= 4 is 17.7 Å². The van der Waals surface area contributed by atoms with E-state index in [2.05, 4.69) is 9.97 Å². The molecule has 3 aromatic rings. The topological polar surface area (TPSA) is 100 Å². The molecule has 1 atom stereocenters. The predicted octanol–water partition coefficient (Wildman–Crippen LogP) is 2.61. The molecule has 0 spiro atoms. The number of nitrogen functional groups attached to an aromatic ring is 1. The number of amides is 1. The molecule has 2 aliphatic rings. The minimum Gasteiger partial charge on any atom is -0.491 e. The van der Waals surface area contributed by atoms with Gasteiger partial charge in [-0.05, 0) is 19.1 Å². The molecule has 1 unspecified atom stereocenters. The van der Waals surface area contributed by atoms with E-state index >= 15 is 0 Å². The van der Waals surface area contributed by atoms with Crippen molar-refractivity contribution < 1.29 is 23.0 Å². The maximum Gasteiger partial charge on any atom is 0.416 e. The Morgan fingerprint density at radius 1 is 1.30 bits per heavy atom. The number of nitrogens with zero attached hydrogens (tertiary/aromatic N) is 5. The molecule has 0 aliphatic carbocycles. The zero-order valence-electron chi connectivity index (χ0n) is 16.0. The molecule has 30 heavy (non-hydrogen) atoms. The number of halogens is 2. The van der Waals surface area contributed by atoms with Gasteiger partial charge in [0, 0.05) is 12.3 Å². The fourth-order valence-corrected chi connectivity index (χ4v) is 3.69. The fourth-order valence-electron chi connectivity index (χ4n) is 3.69. The van der Waals surface area contributed by atoms with Crippen molar-refractivity contribution in [2.75, 3.05) is 23.8 Å². The third-order valence-corrected chi connectivity index (χ3v) is 5.33. The first kappa shape index (κ1) is 18.4. The first-order chi connectivity index (χ1) is 14.4. The first-order valence-corrected chi connectivity index (χ1v) is 9.32. The number of fused-ring (bicyclic) bond motifs is 3. The van der Waals surface area contributed by atoms with Crippen molar-refractivity contribution in [3.8, 4) is 22.8 Å². The number of aromatic nitrogens is 4. The second-order valence-corrected chi connectivity index (χ2v) is 7.08. The Hall–Kier alpha value is -3.63.